The van der Waals surface area contributed by atoms with Gasteiger partial charge in [0.25, 0.3) is 0 Å². The Kier molecular flexibility index (Phi) is 5.52. The minimum absolute atomic E-state index is 0.220. The number of rotatable bonds is 8. The van der Waals surface area contributed by atoms with Crippen LogP contribution >= 0.6 is 0 Å². The standard InChI is InChI=1S/C14H20N2O4/c1-14(2,9-12(15)17)16-7-8-20-11-5-3-10(4-6-11)13(18)19/h3-6,16H,7-9H2,1-2H3,(H2,15,17)(H,18,19). The highest BCUT2D eigenvalue weighted by molar-refractivity contribution is 5.87. The van der Waals surface area contributed by atoms with Crippen LogP contribution in [0, 0.1) is 0 Å². The third kappa shape index (κ3) is 5.71. The van der Waals surface area contributed by atoms with Crippen molar-refractivity contribution in [2.24, 2.45) is 5.73 Å². The van der Waals surface area contributed by atoms with Gasteiger partial charge in [0.05, 0.1) is 5.56 Å². The quantitative estimate of drug-likeness (QED) is 0.617. The zero-order chi connectivity index (χ0) is 15.2. The molecule has 4 N–H and O–H groups in total. The Hall–Kier alpha value is -2.08. The summed E-state index contributed by atoms with van der Waals surface area (Å²) in [4.78, 5) is 21.5. The molecule has 20 heavy (non-hydrogen) atoms. The molecule has 1 rings (SSSR count). The van der Waals surface area contributed by atoms with Gasteiger partial charge in [0.2, 0.25) is 5.91 Å². The van der Waals surface area contributed by atoms with Crippen LogP contribution in [0.4, 0.5) is 0 Å². The fraction of sp³-hybridized carbons (Fsp3) is 0.429. The first kappa shape index (κ1) is 16.0. The fourth-order valence-corrected chi connectivity index (χ4v) is 1.75. The molecule has 0 saturated carbocycles. The van der Waals surface area contributed by atoms with Gasteiger partial charge in [-0.3, -0.25) is 4.79 Å². The summed E-state index contributed by atoms with van der Waals surface area (Å²) >= 11 is 0. The molecule has 1 aromatic carbocycles. The summed E-state index contributed by atoms with van der Waals surface area (Å²) in [5, 5.41) is 11.9. The summed E-state index contributed by atoms with van der Waals surface area (Å²) in [5.41, 5.74) is 5.00. The minimum Gasteiger partial charge on any atom is -0.492 e. The molecule has 1 aromatic rings. The number of ether oxygens (including phenoxy) is 1. The predicted molar refractivity (Wildman–Crippen MR) is 74.8 cm³/mol. The van der Waals surface area contributed by atoms with Crippen molar-refractivity contribution >= 4 is 11.9 Å². The van der Waals surface area contributed by atoms with Crippen LogP contribution in [-0.2, 0) is 4.79 Å². The number of carboxylic acids is 1. The molecule has 0 aliphatic rings. The smallest absolute Gasteiger partial charge is 0.335 e. The predicted octanol–water partition coefficient (Wildman–Crippen LogP) is 1.01. The van der Waals surface area contributed by atoms with E-state index in [9.17, 15) is 9.59 Å². The van der Waals surface area contributed by atoms with Gasteiger partial charge >= 0.3 is 5.97 Å². The molecule has 0 unspecified atom stereocenters. The van der Waals surface area contributed by atoms with Crippen molar-refractivity contribution in [1.82, 2.24) is 5.32 Å². The highest BCUT2D eigenvalue weighted by Crippen LogP contribution is 2.12. The Morgan fingerprint density at radius 3 is 2.40 bits per heavy atom. The first-order valence-electron chi connectivity index (χ1n) is 6.30. The van der Waals surface area contributed by atoms with Crippen LogP contribution in [0.15, 0.2) is 24.3 Å². The zero-order valence-corrected chi connectivity index (χ0v) is 11.7. The lowest BCUT2D eigenvalue weighted by atomic mass is 10.0. The van der Waals surface area contributed by atoms with E-state index in [-0.39, 0.29) is 23.4 Å². The molecular formula is C14H20N2O4. The highest BCUT2D eigenvalue weighted by atomic mass is 16.5. The average molecular weight is 280 g/mol. The Bertz CT molecular complexity index is 469. The second-order valence-corrected chi connectivity index (χ2v) is 5.13. The molecule has 0 atom stereocenters. The average Bonchev–Trinajstić information content (AvgIpc) is 2.33. The van der Waals surface area contributed by atoms with Crippen LogP contribution in [-0.4, -0.2) is 35.7 Å². The van der Waals surface area contributed by atoms with Gasteiger partial charge < -0.3 is 20.9 Å². The Morgan fingerprint density at radius 2 is 1.90 bits per heavy atom. The Labute approximate surface area is 117 Å². The number of primary amides is 1. The van der Waals surface area contributed by atoms with Gasteiger partial charge in [0, 0.05) is 18.5 Å². The monoisotopic (exact) mass is 280 g/mol. The number of carbonyl (C=O) groups excluding carboxylic acids is 1. The molecule has 0 aliphatic carbocycles. The lowest BCUT2D eigenvalue weighted by Gasteiger charge is -2.24. The normalized spacial score (nSPS) is 11.1. The molecule has 0 saturated heterocycles. The first-order chi connectivity index (χ1) is 9.30. The largest absolute Gasteiger partial charge is 0.492 e. The number of carboxylic acid groups (broad SMARTS) is 1. The SMILES string of the molecule is CC(C)(CC(N)=O)NCCOc1ccc(C(=O)O)cc1. The van der Waals surface area contributed by atoms with Gasteiger partial charge in [-0.1, -0.05) is 0 Å². The number of hydrogen-bond acceptors (Lipinski definition) is 4. The van der Waals surface area contributed by atoms with E-state index in [0.717, 1.165) is 0 Å². The molecule has 0 spiro atoms. The van der Waals surface area contributed by atoms with Gasteiger partial charge in [-0.25, -0.2) is 4.79 Å². The van der Waals surface area contributed by atoms with Crippen LogP contribution in [0.1, 0.15) is 30.6 Å². The summed E-state index contributed by atoms with van der Waals surface area (Å²) in [6.07, 6.45) is 0.250. The van der Waals surface area contributed by atoms with Crippen LogP contribution in [0.2, 0.25) is 0 Å². The molecule has 6 heteroatoms. The lowest BCUT2D eigenvalue weighted by Crippen LogP contribution is -2.44. The number of carbonyl (C=O) groups is 2. The van der Waals surface area contributed by atoms with Gasteiger partial charge in [-0.05, 0) is 38.1 Å². The van der Waals surface area contributed by atoms with E-state index in [2.05, 4.69) is 5.32 Å². The van der Waals surface area contributed by atoms with Gasteiger partial charge in [-0.15, -0.1) is 0 Å². The van der Waals surface area contributed by atoms with E-state index in [1.165, 1.54) is 12.1 Å². The molecule has 0 bridgehead atoms. The Balaban J connectivity index is 2.34. The topological polar surface area (TPSA) is 102 Å². The number of benzene rings is 1. The summed E-state index contributed by atoms with van der Waals surface area (Å²) in [6.45, 7) is 4.74. The van der Waals surface area contributed by atoms with E-state index in [1.54, 1.807) is 12.1 Å². The molecule has 0 radical (unpaired) electrons. The first-order valence-corrected chi connectivity index (χ1v) is 6.30. The zero-order valence-electron chi connectivity index (χ0n) is 11.7. The van der Waals surface area contributed by atoms with Crippen molar-refractivity contribution < 1.29 is 19.4 Å². The number of nitrogens with two attached hydrogens (primary N) is 1. The molecule has 1 amide bonds. The maximum absolute atomic E-state index is 10.9. The number of hydrogen-bond donors (Lipinski definition) is 3. The van der Waals surface area contributed by atoms with Gasteiger partial charge in [0.1, 0.15) is 12.4 Å². The van der Waals surface area contributed by atoms with Crippen molar-refractivity contribution in [1.29, 1.82) is 0 Å². The van der Waals surface area contributed by atoms with Gasteiger partial charge in [0.15, 0.2) is 0 Å². The molecule has 0 fully saturated rings. The van der Waals surface area contributed by atoms with Crippen LogP contribution in [0.5, 0.6) is 5.75 Å². The molecule has 6 nitrogen and oxygen atoms in total. The van der Waals surface area contributed by atoms with E-state index in [4.69, 9.17) is 15.6 Å². The maximum Gasteiger partial charge on any atom is 0.335 e. The third-order valence-corrected chi connectivity index (χ3v) is 2.69. The van der Waals surface area contributed by atoms with Crippen LogP contribution < -0.4 is 15.8 Å². The maximum atomic E-state index is 10.9. The summed E-state index contributed by atoms with van der Waals surface area (Å²) in [6, 6.07) is 6.19. The van der Waals surface area contributed by atoms with Crippen molar-refractivity contribution in [2.45, 2.75) is 25.8 Å². The van der Waals surface area contributed by atoms with E-state index < -0.39 is 5.97 Å². The number of aromatic carboxylic acids is 1. The molecule has 110 valence electrons. The van der Waals surface area contributed by atoms with Crippen LogP contribution in [0.25, 0.3) is 0 Å². The number of nitrogens with one attached hydrogen (secondary N) is 1. The summed E-state index contributed by atoms with van der Waals surface area (Å²) < 4.78 is 5.47. The van der Waals surface area contributed by atoms with Crippen molar-refractivity contribution in [3.63, 3.8) is 0 Å². The van der Waals surface area contributed by atoms with E-state index in [0.29, 0.717) is 18.9 Å². The van der Waals surface area contributed by atoms with Crippen molar-refractivity contribution in [3.8, 4) is 5.75 Å². The summed E-state index contributed by atoms with van der Waals surface area (Å²) in [5.74, 6) is -0.719. The van der Waals surface area contributed by atoms with E-state index in [1.807, 2.05) is 13.8 Å². The molecule has 0 aromatic heterocycles. The molecule has 0 aliphatic heterocycles. The lowest BCUT2D eigenvalue weighted by molar-refractivity contribution is -0.119. The minimum atomic E-state index is -0.966. The van der Waals surface area contributed by atoms with Crippen molar-refractivity contribution in [2.75, 3.05) is 13.2 Å². The van der Waals surface area contributed by atoms with Crippen molar-refractivity contribution in [3.05, 3.63) is 29.8 Å². The Morgan fingerprint density at radius 1 is 1.30 bits per heavy atom. The summed E-state index contributed by atoms with van der Waals surface area (Å²) in [7, 11) is 0. The third-order valence-electron chi connectivity index (χ3n) is 2.69. The molecule has 0 heterocycles. The second-order valence-electron chi connectivity index (χ2n) is 5.13. The molecular weight excluding hydrogens is 260 g/mol. The van der Waals surface area contributed by atoms with E-state index >= 15 is 0 Å². The highest BCUT2D eigenvalue weighted by Gasteiger charge is 2.19. The van der Waals surface area contributed by atoms with Gasteiger partial charge in [-0.2, -0.15) is 0 Å². The second kappa shape index (κ2) is 6.91. The van der Waals surface area contributed by atoms with Crippen LogP contribution in [0.3, 0.4) is 0 Å². The number of amides is 1. The fourth-order valence-electron chi connectivity index (χ4n) is 1.75.